The molecule has 1 heterocycles. The van der Waals surface area contributed by atoms with Crippen LogP contribution in [0.5, 0.6) is 11.5 Å². The van der Waals surface area contributed by atoms with Crippen LogP contribution in [0.4, 0.5) is 0 Å². The fourth-order valence-electron chi connectivity index (χ4n) is 2.53. The molecule has 0 N–H and O–H groups in total. The number of ether oxygens (including phenoxy) is 3. The molecular formula is C19H22N2O3S. The molecule has 0 radical (unpaired) electrons. The number of fused-ring (bicyclic) bond motifs is 1. The number of methoxy groups -OCH3 is 2. The number of para-hydroxylation sites is 2. The molecule has 0 amide bonds. The van der Waals surface area contributed by atoms with Crippen LogP contribution in [0.1, 0.15) is 0 Å². The average Bonchev–Trinajstić information content (AvgIpc) is 3.01. The summed E-state index contributed by atoms with van der Waals surface area (Å²) in [5, 5.41) is 0.997. The molecule has 0 aliphatic rings. The molecule has 0 aliphatic heterocycles. The van der Waals surface area contributed by atoms with E-state index in [1.165, 1.54) is 0 Å². The smallest absolute Gasteiger partial charge is 0.169 e. The molecule has 0 aliphatic carbocycles. The van der Waals surface area contributed by atoms with Gasteiger partial charge in [0.25, 0.3) is 0 Å². The van der Waals surface area contributed by atoms with Gasteiger partial charge in [-0.15, -0.1) is 0 Å². The standard InChI is InChI=1S/C19H22N2O3S/c1-22-12-11-21-18-6-4-3-5-17(18)20-19(21)25-14-13-24-16-9-7-15(23-2)8-10-16/h3-10H,11-14H2,1-2H3. The first-order valence-corrected chi connectivity index (χ1v) is 9.14. The van der Waals surface area contributed by atoms with E-state index in [0.717, 1.165) is 40.0 Å². The van der Waals surface area contributed by atoms with E-state index in [1.807, 2.05) is 42.5 Å². The highest BCUT2D eigenvalue weighted by atomic mass is 32.2. The lowest BCUT2D eigenvalue weighted by Crippen LogP contribution is -2.07. The molecule has 1 aromatic heterocycles. The second-order valence-electron chi connectivity index (χ2n) is 5.40. The molecular weight excluding hydrogens is 336 g/mol. The second-order valence-corrected chi connectivity index (χ2v) is 6.46. The third kappa shape index (κ3) is 4.46. The van der Waals surface area contributed by atoms with Crippen LogP contribution in [0.15, 0.2) is 53.7 Å². The number of aromatic nitrogens is 2. The normalized spacial score (nSPS) is 11.0. The van der Waals surface area contributed by atoms with Crippen molar-refractivity contribution >= 4 is 22.8 Å². The van der Waals surface area contributed by atoms with Gasteiger partial charge in [-0.25, -0.2) is 4.98 Å². The van der Waals surface area contributed by atoms with Gasteiger partial charge in [0, 0.05) is 19.4 Å². The van der Waals surface area contributed by atoms with Crippen molar-refractivity contribution in [2.45, 2.75) is 11.7 Å². The fourth-order valence-corrected chi connectivity index (χ4v) is 3.38. The zero-order chi connectivity index (χ0) is 17.5. The quantitative estimate of drug-likeness (QED) is 0.429. The van der Waals surface area contributed by atoms with E-state index in [-0.39, 0.29) is 0 Å². The van der Waals surface area contributed by atoms with Crippen molar-refractivity contribution in [3.63, 3.8) is 0 Å². The maximum Gasteiger partial charge on any atom is 0.169 e. The zero-order valence-corrected chi connectivity index (χ0v) is 15.3. The van der Waals surface area contributed by atoms with Crippen molar-refractivity contribution in [1.82, 2.24) is 9.55 Å². The van der Waals surface area contributed by atoms with Gasteiger partial charge in [0.15, 0.2) is 5.16 Å². The molecule has 0 bridgehead atoms. The van der Waals surface area contributed by atoms with Gasteiger partial charge in [-0.05, 0) is 36.4 Å². The Labute approximate surface area is 151 Å². The van der Waals surface area contributed by atoms with Gasteiger partial charge in [-0.3, -0.25) is 0 Å². The van der Waals surface area contributed by atoms with E-state index in [4.69, 9.17) is 19.2 Å². The Bertz CT molecular complexity index is 802. The number of benzene rings is 2. The molecule has 3 rings (SSSR count). The molecule has 0 saturated carbocycles. The van der Waals surface area contributed by atoms with Gasteiger partial charge in [0.1, 0.15) is 11.5 Å². The highest BCUT2D eigenvalue weighted by Crippen LogP contribution is 2.24. The predicted octanol–water partition coefficient (Wildman–Crippen LogP) is 3.86. The van der Waals surface area contributed by atoms with Crippen LogP contribution in [0.3, 0.4) is 0 Å². The summed E-state index contributed by atoms with van der Waals surface area (Å²) in [5.74, 6) is 2.49. The van der Waals surface area contributed by atoms with Crippen molar-refractivity contribution < 1.29 is 14.2 Å². The van der Waals surface area contributed by atoms with Crippen LogP contribution < -0.4 is 9.47 Å². The Morgan fingerprint density at radius 2 is 1.72 bits per heavy atom. The summed E-state index contributed by atoms with van der Waals surface area (Å²) in [6, 6.07) is 15.8. The summed E-state index contributed by atoms with van der Waals surface area (Å²) in [5.41, 5.74) is 2.15. The minimum absolute atomic E-state index is 0.616. The SMILES string of the molecule is COCCn1c(SCCOc2ccc(OC)cc2)nc2ccccc21. The monoisotopic (exact) mass is 358 g/mol. The minimum atomic E-state index is 0.616. The molecule has 25 heavy (non-hydrogen) atoms. The van der Waals surface area contributed by atoms with E-state index >= 15 is 0 Å². The minimum Gasteiger partial charge on any atom is -0.497 e. The highest BCUT2D eigenvalue weighted by molar-refractivity contribution is 7.99. The molecule has 2 aromatic carbocycles. The van der Waals surface area contributed by atoms with Crippen LogP contribution >= 0.6 is 11.8 Å². The van der Waals surface area contributed by atoms with Crippen LogP contribution in [-0.2, 0) is 11.3 Å². The summed E-state index contributed by atoms with van der Waals surface area (Å²) < 4.78 is 18.4. The van der Waals surface area contributed by atoms with Crippen molar-refractivity contribution in [1.29, 1.82) is 0 Å². The lowest BCUT2D eigenvalue weighted by Gasteiger charge is -2.09. The third-order valence-corrected chi connectivity index (χ3v) is 4.72. The molecule has 6 heteroatoms. The van der Waals surface area contributed by atoms with Gasteiger partial charge in [-0.1, -0.05) is 23.9 Å². The molecule has 0 unspecified atom stereocenters. The van der Waals surface area contributed by atoms with E-state index in [1.54, 1.807) is 26.0 Å². The fraction of sp³-hybridized carbons (Fsp3) is 0.316. The van der Waals surface area contributed by atoms with Gasteiger partial charge in [0.2, 0.25) is 0 Å². The number of hydrogen-bond donors (Lipinski definition) is 0. The van der Waals surface area contributed by atoms with Crippen LogP contribution in [0.25, 0.3) is 11.0 Å². The summed E-state index contributed by atoms with van der Waals surface area (Å²) in [6.07, 6.45) is 0. The first kappa shape index (κ1) is 17.6. The molecule has 5 nitrogen and oxygen atoms in total. The number of imidazole rings is 1. The Morgan fingerprint density at radius 3 is 2.48 bits per heavy atom. The molecule has 0 fully saturated rings. The largest absolute Gasteiger partial charge is 0.497 e. The van der Waals surface area contributed by atoms with E-state index in [2.05, 4.69) is 10.6 Å². The number of nitrogens with zero attached hydrogens (tertiary/aromatic N) is 2. The first-order chi connectivity index (χ1) is 12.3. The van der Waals surface area contributed by atoms with Crippen molar-refractivity contribution in [2.24, 2.45) is 0 Å². The summed E-state index contributed by atoms with van der Waals surface area (Å²) >= 11 is 1.70. The van der Waals surface area contributed by atoms with E-state index < -0.39 is 0 Å². The summed E-state index contributed by atoms with van der Waals surface area (Å²) in [7, 11) is 3.37. The van der Waals surface area contributed by atoms with Gasteiger partial charge in [-0.2, -0.15) is 0 Å². The number of rotatable bonds is 9. The Balaban J connectivity index is 1.60. The lowest BCUT2D eigenvalue weighted by atomic mass is 10.3. The van der Waals surface area contributed by atoms with Crippen molar-refractivity contribution in [2.75, 3.05) is 33.2 Å². The van der Waals surface area contributed by atoms with Crippen molar-refractivity contribution in [3.8, 4) is 11.5 Å². The van der Waals surface area contributed by atoms with Crippen molar-refractivity contribution in [3.05, 3.63) is 48.5 Å². The highest BCUT2D eigenvalue weighted by Gasteiger charge is 2.10. The van der Waals surface area contributed by atoms with E-state index in [9.17, 15) is 0 Å². The Kier molecular flexibility index (Phi) is 6.19. The molecule has 3 aromatic rings. The van der Waals surface area contributed by atoms with Crippen LogP contribution in [-0.4, -0.2) is 42.7 Å². The maximum absolute atomic E-state index is 5.78. The average molecular weight is 358 g/mol. The number of hydrogen-bond acceptors (Lipinski definition) is 5. The predicted molar refractivity (Wildman–Crippen MR) is 101 cm³/mol. The third-order valence-electron chi connectivity index (χ3n) is 3.78. The van der Waals surface area contributed by atoms with Crippen LogP contribution in [0.2, 0.25) is 0 Å². The summed E-state index contributed by atoms with van der Waals surface area (Å²) in [6.45, 7) is 2.07. The molecule has 132 valence electrons. The first-order valence-electron chi connectivity index (χ1n) is 8.15. The molecule has 0 spiro atoms. The van der Waals surface area contributed by atoms with Crippen LogP contribution in [0, 0.1) is 0 Å². The zero-order valence-electron chi connectivity index (χ0n) is 14.5. The molecule has 0 atom stereocenters. The van der Waals surface area contributed by atoms with Gasteiger partial charge >= 0.3 is 0 Å². The topological polar surface area (TPSA) is 45.5 Å². The van der Waals surface area contributed by atoms with Gasteiger partial charge in [0.05, 0.1) is 31.4 Å². The number of thioether (sulfide) groups is 1. The summed E-state index contributed by atoms with van der Waals surface area (Å²) in [4.78, 5) is 4.73. The molecule has 0 saturated heterocycles. The van der Waals surface area contributed by atoms with Gasteiger partial charge < -0.3 is 18.8 Å². The Morgan fingerprint density at radius 1 is 0.960 bits per heavy atom. The Hall–Kier alpha value is -2.18. The second kappa shape index (κ2) is 8.78. The maximum atomic E-state index is 5.78. The van der Waals surface area contributed by atoms with E-state index in [0.29, 0.717) is 13.2 Å². The lowest BCUT2D eigenvalue weighted by molar-refractivity contribution is 0.186.